The normalized spacial score (nSPS) is 18.0. The molecule has 0 aromatic heterocycles. The molecule has 0 bridgehead atoms. The Morgan fingerprint density at radius 1 is 1.30 bits per heavy atom. The number of aryl methyl sites for hydroxylation is 1. The van der Waals surface area contributed by atoms with Gasteiger partial charge in [-0.15, -0.1) is 0 Å². The Hall–Kier alpha value is -2.93. The van der Waals surface area contributed by atoms with Crippen molar-refractivity contribution in [3.63, 3.8) is 0 Å². The molecule has 0 aliphatic carbocycles. The third-order valence-corrected chi connectivity index (χ3v) is 4.94. The lowest BCUT2D eigenvalue weighted by atomic mass is 9.95. The van der Waals surface area contributed by atoms with E-state index < -0.39 is 0 Å². The molecule has 27 heavy (non-hydrogen) atoms. The first-order valence-electron chi connectivity index (χ1n) is 8.90. The van der Waals surface area contributed by atoms with Crippen LogP contribution in [0.3, 0.4) is 0 Å². The van der Waals surface area contributed by atoms with E-state index in [1.165, 1.54) is 0 Å². The van der Waals surface area contributed by atoms with Gasteiger partial charge in [-0.2, -0.15) is 0 Å². The van der Waals surface area contributed by atoms with Gasteiger partial charge in [0.1, 0.15) is 6.17 Å². The smallest absolute Gasteiger partial charge is 0.320 e. The molecule has 4 rings (SSSR count). The first-order valence-corrected chi connectivity index (χ1v) is 8.90. The maximum Gasteiger partial charge on any atom is 0.320 e. The fourth-order valence-corrected chi connectivity index (χ4v) is 3.63. The molecule has 0 saturated heterocycles. The monoisotopic (exact) mass is 369 g/mol. The Morgan fingerprint density at radius 2 is 2.15 bits per heavy atom. The Morgan fingerprint density at radius 3 is 2.93 bits per heavy atom. The lowest BCUT2D eigenvalue weighted by Crippen LogP contribution is -2.45. The molecule has 0 radical (unpaired) electrons. The standard InChI is InChI=1S/C20H23N3O4/c1-12-5-4-6-14(9-12)21-20(24)22-19-16-13(7-8-23(19)2)10-15-17(18(16)25-3)27-11-26-15/h4-6,9-10,19H,7-8,11H2,1-3H3,(H2,21,22,24)/t19-/m1/s1. The number of urea groups is 1. The molecule has 142 valence electrons. The van der Waals surface area contributed by atoms with Crippen molar-refractivity contribution in [3.05, 3.63) is 47.0 Å². The van der Waals surface area contributed by atoms with E-state index in [1.807, 2.05) is 44.3 Å². The van der Waals surface area contributed by atoms with Crippen LogP contribution < -0.4 is 24.8 Å². The SMILES string of the molecule is COc1c2c(cc3c1[C@H](NC(=O)Nc1cccc(C)c1)N(C)CC3)OCO2. The minimum absolute atomic E-state index is 0.177. The summed E-state index contributed by atoms with van der Waals surface area (Å²) >= 11 is 0. The summed E-state index contributed by atoms with van der Waals surface area (Å²) in [4.78, 5) is 14.7. The highest BCUT2D eigenvalue weighted by Crippen LogP contribution is 2.48. The Balaban J connectivity index is 1.63. The van der Waals surface area contributed by atoms with Crippen molar-refractivity contribution in [2.45, 2.75) is 19.5 Å². The van der Waals surface area contributed by atoms with Crippen LogP contribution in [0.5, 0.6) is 17.2 Å². The largest absolute Gasteiger partial charge is 0.492 e. The fourth-order valence-electron chi connectivity index (χ4n) is 3.63. The van der Waals surface area contributed by atoms with Gasteiger partial charge in [-0.3, -0.25) is 4.90 Å². The Labute approximate surface area is 158 Å². The number of likely N-dealkylation sites (N-methyl/N-ethyl adjacent to an activating group) is 1. The van der Waals surface area contributed by atoms with E-state index in [1.54, 1.807) is 7.11 Å². The average molecular weight is 369 g/mol. The molecule has 7 nitrogen and oxygen atoms in total. The maximum absolute atomic E-state index is 12.6. The van der Waals surface area contributed by atoms with Crippen molar-refractivity contribution in [3.8, 4) is 17.2 Å². The number of rotatable bonds is 3. The molecular weight excluding hydrogens is 346 g/mol. The first-order chi connectivity index (χ1) is 13.1. The number of amides is 2. The molecule has 2 heterocycles. The highest BCUT2D eigenvalue weighted by atomic mass is 16.7. The molecule has 0 unspecified atom stereocenters. The summed E-state index contributed by atoms with van der Waals surface area (Å²) in [5.74, 6) is 1.91. The highest BCUT2D eigenvalue weighted by molar-refractivity contribution is 5.89. The van der Waals surface area contributed by atoms with Crippen molar-refractivity contribution in [1.82, 2.24) is 10.2 Å². The fraction of sp³-hybridized carbons (Fsp3) is 0.350. The Kier molecular flexibility index (Phi) is 4.53. The second-order valence-electron chi connectivity index (χ2n) is 6.82. The van der Waals surface area contributed by atoms with Crippen molar-refractivity contribution in [1.29, 1.82) is 0 Å². The van der Waals surface area contributed by atoms with Gasteiger partial charge in [0, 0.05) is 17.8 Å². The molecule has 0 spiro atoms. The molecule has 2 aromatic rings. The average Bonchev–Trinajstić information content (AvgIpc) is 3.10. The van der Waals surface area contributed by atoms with Gasteiger partial charge in [-0.1, -0.05) is 12.1 Å². The summed E-state index contributed by atoms with van der Waals surface area (Å²) in [5, 5.41) is 5.96. The molecule has 0 fully saturated rings. The molecular formula is C20H23N3O4. The summed E-state index contributed by atoms with van der Waals surface area (Å²) in [7, 11) is 3.58. The van der Waals surface area contributed by atoms with Gasteiger partial charge in [0.15, 0.2) is 11.5 Å². The molecule has 2 amide bonds. The van der Waals surface area contributed by atoms with Crippen LogP contribution in [-0.2, 0) is 6.42 Å². The Bertz CT molecular complexity index is 884. The van der Waals surface area contributed by atoms with Gasteiger partial charge in [0.2, 0.25) is 12.5 Å². The summed E-state index contributed by atoms with van der Waals surface area (Å²) in [6.07, 6.45) is 0.513. The van der Waals surface area contributed by atoms with Crippen molar-refractivity contribution in [2.24, 2.45) is 0 Å². The van der Waals surface area contributed by atoms with Crippen LogP contribution in [0.1, 0.15) is 22.9 Å². The minimum Gasteiger partial charge on any atom is -0.492 e. The number of methoxy groups -OCH3 is 1. The summed E-state index contributed by atoms with van der Waals surface area (Å²) in [5.41, 5.74) is 3.84. The predicted octanol–water partition coefficient (Wildman–Crippen LogP) is 3.04. The summed E-state index contributed by atoms with van der Waals surface area (Å²) < 4.78 is 16.8. The third-order valence-electron chi connectivity index (χ3n) is 4.94. The first kappa shape index (κ1) is 17.5. The number of ether oxygens (including phenoxy) is 3. The lowest BCUT2D eigenvalue weighted by molar-refractivity contribution is 0.169. The molecule has 2 N–H and O–H groups in total. The van der Waals surface area contributed by atoms with E-state index >= 15 is 0 Å². The molecule has 2 aromatic carbocycles. The zero-order valence-electron chi connectivity index (χ0n) is 15.7. The number of fused-ring (bicyclic) bond motifs is 2. The number of hydrogen-bond acceptors (Lipinski definition) is 5. The number of anilines is 1. The quantitative estimate of drug-likeness (QED) is 0.870. The van der Waals surface area contributed by atoms with Gasteiger partial charge in [0.05, 0.1) is 7.11 Å². The van der Waals surface area contributed by atoms with Crippen LogP contribution in [0.4, 0.5) is 10.5 Å². The topological polar surface area (TPSA) is 72.1 Å². The zero-order valence-corrected chi connectivity index (χ0v) is 15.7. The number of hydrogen-bond donors (Lipinski definition) is 2. The zero-order chi connectivity index (χ0) is 19.0. The third kappa shape index (κ3) is 3.26. The van der Waals surface area contributed by atoms with Crippen molar-refractivity contribution >= 4 is 11.7 Å². The van der Waals surface area contributed by atoms with E-state index in [0.29, 0.717) is 17.2 Å². The number of nitrogens with one attached hydrogen (secondary N) is 2. The second-order valence-corrected chi connectivity index (χ2v) is 6.82. The van der Waals surface area contributed by atoms with Crippen LogP contribution in [0.15, 0.2) is 30.3 Å². The van der Waals surface area contributed by atoms with Gasteiger partial charge in [0.25, 0.3) is 0 Å². The summed E-state index contributed by atoms with van der Waals surface area (Å²) in [6.45, 7) is 2.98. The maximum atomic E-state index is 12.6. The van der Waals surface area contributed by atoms with E-state index in [4.69, 9.17) is 14.2 Å². The van der Waals surface area contributed by atoms with Crippen LogP contribution in [0.2, 0.25) is 0 Å². The molecule has 2 aliphatic rings. The van der Waals surface area contributed by atoms with Crippen LogP contribution >= 0.6 is 0 Å². The lowest BCUT2D eigenvalue weighted by Gasteiger charge is -2.36. The highest BCUT2D eigenvalue weighted by Gasteiger charge is 2.34. The van der Waals surface area contributed by atoms with Gasteiger partial charge >= 0.3 is 6.03 Å². The number of carbonyl (C=O) groups excluding carboxylic acids is 1. The second kappa shape index (κ2) is 7.00. The molecule has 1 atom stereocenters. The van der Waals surface area contributed by atoms with Crippen molar-refractivity contribution in [2.75, 3.05) is 32.8 Å². The van der Waals surface area contributed by atoms with Crippen LogP contribution in [0.25, 0.3) is 0 Å². The van der Waals surface area contributed by atoms with E-state index in [-0.39, 0.29) is 19.0 Å². The van der Waals surface area contributed by atoms with Gasteiger partial charge < -0.3 is 24.8 Å². The van der Waals surface area contributed by atoms with Crippen molar-refractivity contribution < 1.29 is 19.0 Å². The molecule has 7 heteroatoms. The minimum atomic E-state index is -0.331. The van der Waals surface area contributed by atoms with Gasteiger partial charge in [-0.05, 0) is 49.7 Å². The number of carbonyl (C=O) groups is 1. The molecule has 0 saturated carbocycles. The van der Waals surface area contributed by atoms with Crippen LogP contribution in [-0.4, -0.2) is 38.4 Å². The van der Waals surface area contributed by atoms with E-state index in [2.05, 4.69) is 15.5 Å². The van der Waals surface area contributed by atoms with E-state index in [9.17, 15) is 4.79 Å². The predicted molar refractivity (Wildman–Crippen MR) is 102 cm³/mol. The molecule has 2 aliphatic heterocycles. The summed E-state index contributed by atoms with van der Waals surface area (Å²) in [6, 6.07) is 9.41. The number of nitrogens with zero attached hydrogens (tertiary/aromatic N) is 1. The van der Waals surface area contributed by atoms with Crippen LogP contribution in [0, 0.1) is 6.92 Å². The van der Waals surface area contributed by atoms with E-state index in [0.717, 1.165) is 35.3 Å². The van der Waals surface area contributed by atoms with Gasteiger partial charge in [-0.25, -0.2) is 4.79 Å². The number of benzene rings is 2.